The van der Waals surface area contributed by atoms with Crippen molar-refractivity contribution in [2.45, 2.75) is 0 Å². The van der Waals surface area contributed by atoms with E-state index in [4.69, 9.17) is 4.11 Å². The van der Waals surface area contributed by atoms with E-state index in [0.717, 1.165) is 64.6 Å². The van der Waals surface area contributed by atoms with Gasteiger partial charge in [0.1, 0.15) is 0 Å². The summed E-state index contributed by atoms with van der Waals surface area (Å²) in [4.78, 5) is 0. The second-order valence-electron chi connectivity index (χ2n) is 12.7. The first kappa shape index (κ1) is 18.3. The van der Waals surface area contributed by atoms with Crippen LogP contribution in [0.1, 0.15) is 16.4 Å². The maximum Gasteiger partial charge on any atom is 0.0636 e. The Balaban J connectivity index is 1.12. The first-order chi connectivity index (χ1) is 29.8. The lowest BCUT2D eigenvalue weighted by Gasteiger charge is -2.15. The van der Waals surface area contributed by atoms with Crippen LogP contribution in [0.15, 0.2) is 182 Å². The molecule has 0 aromatic heterocycles. The third kappa shape index (κ3) is 4.06. The highest BCUT2D eigenvalue weighted by Gasteiger charge is 2.14. The van der Waals surface area contributed by atoms with Gasteiger partial charge in [0.2, 0.25) is 0 Å². The van der Waals surface area contributed by atoms with Crippen LogP contribution in [-0.2, 0) is 0 Å². The maximum absolute atomic E-state index is 9.46. The van der Waals surface area contributed by atoms with Crippen molar-refractivity contribution in [1.82, 2.24) is 0 Å². The highest BCUT2D eigenvalue weighted by atomic mass is 14.2. The van der Waals surface area contributed by atoms with Gasteiger partial charge in [-0.25, -0.2) is 0 Å². The molecule has 0 saturated carbocycles. The summed E-state index contributed by atoms with van der Waals surface area (Å²) in [5, 5.41) is 11.3. The molecule has 0 spiro atoms. The largest absolute Gasteiger partial charge is 0.0636 e. The maximum atomic E-state index is 9.46. The molecule has 0 heteroatoms. The van der Waals surface area contributed by atoms with Crippen LogP contribution in [0.3, 0.4) is 0 Å². The topological polar surface area (TPSA) is 0 Å². The third-order valence-corrected chi connectivity index (χ3v) is 9.97. The van der Waals surface area contributed by atoms with E-state index >= 15 is 0 Å². The fourth-order valence-corrected chi connectivity index (χ4v) is 7.64. The van der Waals surface area contributed by atoms with Crippen LogP contribution in [0.25, 0.3) is 109 Å². The monoisotopic (exact) mass is 642 g/mol. The third-order valence-electron chi connectivity index (χ3n) is 9.97. The normalized spacial score (nSPS) is 15.4. The Morgan fingerprint density at radius 1 is 0.280 bits per heavy atom. The van der Waals surface area contributed by atoms with Crippen LogP contribution in [0.2, 0.25) is 0 Å². The van der Waals surface area contributed by atoms with Crippen LogP contribution in [-0.4, -0.2) is 0 Å². The molecule has 0 aliphatic heterocycles. The van der Waals surface area contributed by atoms with Crippen LogP contribution >= 0.6 is 0 Å². The van der Waals surface area contributed by atoms with Crippen molar-refractivity contribution < 1.29 is 16.4 Å². The Kier molecular flexibility index (Phi) is 3.85. The van der Waals surface area contributed by atoms with Gasteiger partial charge in [-0.15, -0.1) is 0 Å². The second kappa shape index (κ2) is 10.5. The number of rotatable bonds is 4. The van der Waals surface area contributed by atoms with Gasteiger partial charge in [0.05, 0.1) is 16.4 Å². The number of hydrogen-bond acceptors (Lipinski definition) is 0. The summed E-state index contributed by atoms with van der Waals surface area (Å²) in [5.41, 5.74) is -0.865. The van der Waals surface area contributed by atoms with Gasteiger partial charge >= 0.3 is 0 Å². The zero-order chi connectivity index (χ0) is 43.2. The second-order valence-corrected chi connectivity index (χ2v) is 12.7. The zero-order valence-electron chi connectivity index (χ0n) is 38.4. The minimum Gasteiger partial charge on any atom is -0.0610 e. The van der Waals surface area contributed by atoms with Crippen LogP contribution in [0.4, 0.5) is 0 Å². The van der Waals surface area contributed by atoms with E-state index in [-0.39, 0.29) is 11.1 Å². The van der Waals surface area contributed by atoms with E-state index < -0.39 is 94.8 Å². The van der Waals surface area contributed by atoms with Crippen molar-refractivity contribution in [3.05, 3.63) is 182 Å². The van der Waals surface area contributed by atoms with E-state index in [1.807, 2.05) is 97.1 Å². The summed E-state index contributed by atoms with van der Waals surface area (Å²) in [5.74, 6) is 0. The summed E-state index contributed by atoms with van der Waals surface area (Å²) >= 11 is 0. The van der Waals surface area contributed by atoms with Gasteiger partial charge < -0.3 is 0 Å². The minimum atomic E-state index is -0.730. The van der Waals surface area contributed by atoms with Crippen molar-refractivity contribution in [2.75, 3.05) is 0 Å². The lowest BCUT2D eigenvalue weighted by molar-refractivity contribution is 1.58. The van der Waals surface area contributed by atoms with E-state index in [1.165, 1.54) is 0 Å². The Morgan fingerprint density at radius 2 is 0.620 bits per heavy atom. The predicted octanol–water partition coefficient (Wildman–Crippen LogP) is 14.1. The Morgan fingerprint density at radius 3 is 1.04 bits per heavy atom. The van der Waals surface area contributed by atoms with Gasteiger partial charge in [-0.3, -0.25) is 0 Å². The molecule has 0 aliphatic rings. The highest BCUT2D eigenvalue weighted by molar-refractivity contribution is 6.26. The summed E-state index contributed by atoms with van der Waals surface area (Å²) in [6, 6.07) is 28.3. The first-order valence-corrected chi connectivity index (χ1v) is 16.5. The highest BCUT2D eigenvalue weighted by Crippen LogP contribution is 2.41. The van der Waals surface area contributed by atoms with Crippen molar-refractivity contribution in [3.63, 3.8) is 0 Å². The summed E-state index contributed by atoms with van der Waals surface area (Å²) in [7, 11) is 0. The lowest BCUT2D eigenvalue weighted by Crippen LogP contribution is -1.88. The molecule has 0 N–H and O–H groups in total. The molecule has 230 valence electrons. The van der Waals surface area contributed by atoms with Crippen LogP contribution in [0.5, 0.6) is 0 Å². The van der Waals surface area contributed by atoms with Gasteiger partial charge in [-0.1, -0.05) is 176 Å². The first-order valence-electron chi connectivity index (χ1n) is 22.5. The van der Waals surface area contributed by atoms with Gasteiger partial charge in [0.25, 0.3) is 0 Å². The van der Waals surface area contributed by atoms with Gasteiger partial charge in [0, 0.05) is 0 Å². The van der Waals surface area contributed by atoms with E-state index in [9.17, 15) is 12.3 Å². The average molecular weight is 643 g/mol. The molecule has 0 fully saturated rings. The molecule has 0 radical (unpaired) electrons. The Bertz CT molecular complexity index is 3450. The van der Waals surface area contributed by atoms with E-state index in [0.29, 0.717) is 11.1 Å². The molecule has 0 aliphatic carbocycles. The van der Waals surface area contributed by atoms with Crippen molar-refractivity contribution in [1.29, 1.82) is 0 Å². The summed E-state index contributed by atoms with van der Waals surface area (Å²) < 4.78 is 111. The minimum absolute atomic E-state index is 0.0186. The van der Waals surface area contributed by atoms with E-state index in [1.54, 1.807) is 12.1 Å². The van der Waals surface area contributed by atoms with Crippen LogP contribution < -0.4 is 0 Å². The van der Waals surface area contributed by atoms with Gasteiger partial charge in [0.15, 0.2) is 0 Å². The average Bonchev–Trinajstić information content (AvgIpc) is 3.28. The van der Waals surface area contributed by atoms with E-state index in [2.05, 4.69) is 0 Å². The number of hydrogen-bond donors (Lipinski definition) is 0. The fraction of sp³-hybridized carbons (Fsp3) is 0. The van der Waals surface area contributed by atoms with Crippen molar-refractivity contribution >= 4 is 64.6 Å². The lowest BCUT2D eigenvalue weighted by atomic mass is 9.89. The molecule has 0 amide bonds. The SMILES string of the molecule is [2H]c1c([2H])c(-c2c([2H])c([2H])c(-c3ccc4ccc5cccc6ccc3c4c56)c([2H])c2[2H])c([2H])c(-c2c([2H])c([2H])c(-c3ccc4ccc5cccc6ccc3c4c56)c([2H])c2[2H])c1[2H]. The molecular formula is C50H30. The standard InChI is InChI=1S/C50H30/c1-4-35-18-20-39-22-26-43(45-28-24-37(6-1)47(35)49(39)45)33-14-10-31(11-15-33)41-8-3-9-42(30-41)32-12-16-34(17-13-32)44-27-23-40-21-19-36-5-2-7-38-25-29-46(44)50(40)48(36)38/h1-30H/i3D,8D,9D,10D,11D,12D,13D,14D,15D,16D,17D,30D. The summed E-state index contributed by atoms with van der Waals surface area (Å²) in [6.45, 7) is 0. The molecule has 11 aromatic carbocycles. The Hall–Kier alpha value is -6.50. The molecule has 0 heterocycles. The molecule has 0 unspecified atom stereocenters. The molecule has 0 saturated heterocycles. The number of benzene rings is 11. The van der Waals surface area contributed by atoms with Gasteiger partial charge in [-0.2, -0.15) is 0 Å². The van der Waals surface area contributed by atoms with Crippen molar-refractivity contribution in [2.24, 2.45) is 0 Å². The molecule has 11 aromatic rings. The zero-order valence-corrected chi connectivity index (χ0v) is 26.4. The molecule has 0 atom stereocenters. The quantitative estimate of drug-likeness (QED) is 0.168. The fourth-order valence-electron chi connectivity index (χ4n) is 7.64. The molecule has 0 nitrogen and oxygen atoms in total. The van der Waals surface area contributed by atoms with Crippen LogP contribution in [0, 0.1) is 0 Å². The molecule has 11 rings (SSSR count). The smallest absolute Gasteiger partial charge is 0.0610 e. The van der Waals surface area contributed by atoms with Gasteiger partial charge in [-0.05, 0) is 115 Å². The molecular weight excluding hydrogens is 601 g/mol. The predicted molar refractivity (Wildman–Crippen MR) is 216 cm³/mol. The van der Waals surface area contributed by atoms with Crippen molar-refractivity contribution in [3.8, 4) is 44.5 Å². The molecule has 0 bridgehead atoms. The summed E-state index contributed by atoms with van der Waals surface area (Å²) in [6.07, 6.45) is 0. The Labute approximate surface area is 307 Å². The molecule has 50 heavy (non-hydrogen) atoms.